The van der Waals surface area contributed by atoms with Gasteiger partial charge in [0.2, 0.25) is 5.91 Å². The highest BCUT2D eigenvalue weighted by Gasteiger charge is 2.35. The van der Waals surface area contributed by atoms with Gasteiger partial charge in [0.1, 0.15) is 0 Å². The SMILES string of the molecule is CC1CN(C(=O)[C@H](CCC(C)(C)C)OC(N)=O)CC(=O)N1C. The molecule has 126 valence electrons. The Hall–Kier alpha value is -1.79. The number of hydrogen-bond acceptors (Lipinski definition) is 4. The summed E-state index contributed by atoms with van der Waals surface area (Å²) in [6.07, 6.45) is -0.811. The van der Waals surface area contributed by atoms with E-state index in [2.05, 4.69) is 0 Å². The van der Waals surface area contributed by atoms with Crippen molar-refractivity contribution in [2.75, 3.05) is 20.1 Å². The van der Waals surface area contributed by atoms with Crippen molar-refractivity contribution in [2.45, 2.75) is 52.7 Å². The van der Waals surface area contributed by atoms with E-state index in [1.165, 1.54) is 4.90 Å². The normalized spacial score (nSPS) is 20.8. The highest BCUT2D eigenvalue weighted by Crippen LogP contribution is 2.23. The van der Waals surface area contributed by atoms with Crippen LogP contribution in [-0.2, 0) is 14.3 Å². The van der Waals surface area contributed by atoms with Crippen LogP contribution in [0.25, 0.3) is 0 Å². The number of amides is 3. The van der Waals surface area contributed by atoms with E-state index in [9.17, 15) is 14.4 Å². The third-order valence-corrected chi connectivity index (χ3v) is 3.87. The molecule has 1 unspecified atom stereocenters. The second-order valence-electron chi connectivity index (χ2n) is 7.10. The molecule has 3 amide bonds. The molecule has 0 aromatic carbocycles. The monoisotopic (exact) mass is 313 g/mol. The minimum atomic E-state index is -0.972. The lowest BCUT2D eigenvalue weighted by molar-refractivity contribution is -0.152. The zero-order valence-electron chi connectivity index (χ0n) is 14.1. The lowest BCUT2D eigenvalue weighted by Gasteiger charge is -2.38. The number of carbonyl (C=O) groups excluding carboxylic acids is 3. The molecule has 0 saturated carbocycles. The number of nitrogens with two attached hydrogens (primary N) is 1. The fraction of sp³-hybridized carbons (Fsp3) is 0.800. The Labute approximate surface area is 131 Å². The van der Waals surface area contributed by atoms with Crippen molar-refractivity contribution in [3.05, 3.63) is 0 Å². The molecule has 0 spiro atoms. The molecule has 1 saturated heterocycles. The maximum Gasteiger partial charge on any atom is 0.405 e. The molecule has 0 aromatic heterocycles. The Morgan fingerprint density at radius 2 is 2.00 bits per heavy atom. The van der Waals surface area contributed by atoms with Crippen LogP contribution in [0.2, 0.25) is 0 Å². The lowest BCUT2D eigenvalue weighted by atomic mass is 9.89. The average molecular weight is 313 g/mol. The van der Waals surface area contributed by atoms with Crippen molar-refractivity contribution in [1.82, 2.24) is 9.80 Å². The van der Waals surface area contributed by atoms with Gasteiger partial charge in [-0.2, -0.15) is 0 Å². The molecule has 2 atom stereocenters. The summed E-state index contributed by atoms with van der Waals surface area (Å²) >= 11 is 0. The second-order valence-corrected chi connectivity index (χ2v) is 7.10. The van der Waals surface area contributed by atoms with E-state index in [1.807, 2.05) is 27.7 Å². The molecule has 22 heavy (non-hydrogen) atoms. The van der Waals surface area contributed by atoms with Crippen LogP contribution in [-0.4, -0.2) is 60.0 Å². The number of nitrogens with zero attached hydrogens (tertiary/aromatic N) is 2. The van der Waals surface area contributed by atoms with Gasteiger partial charge in [-0.05, 0) is 25.2 Å². The first-order chi connectivity index (χ1) is 10.0. The fourth-order valence-electron chi connectivity index (χ4n) is 2.34. The summed E-state index contributed by atoms with van der Waals surface area (Å²) in [5.74, 6) is -0.475. The summed E-state index contributed by atoms with van der Waals surface area (Å²) in [6, 6.07) is -0.0676. The van der Waals surface area contributed by atoms with E-state index in [0.29, 0.717) is 19.4 Å². The summed E-state index contributed by atoms with van der Waals surface area (Å²) in [6.45, 7) is 8.43. The minimum absolute atomic E-state index is 0.00473. The first-order valence-electron chi connectivity index (χ1n) is 7.52. The molecule has 0 bridgehead atoms. The highest BCUT2D eigenvalue weighted by molar-refractivity contribution is 5.89. The fourth-order valence-corrected chi connectivity index (χ4v) is 2.34. The number of piperazine rings is 1. The summed E-state index contributed by atoms with van der Waals surface area (Å²) in [7, 11) is 1.71. The van der Waals surface area contributed by atoms with Crippen molar-refractivity contribution < 1.29 is 19.1 Å². The first kappa shape index (κ1) is 18.3. The molecule has 1 heterocycles. The second kappa shape index (κ2) is 6.98. The van der Waals surface area contributed by atoms with E-state index in [4.69, 9.17) is 10.5 Å². The number of rotatable bonds is 4. The van der Waals surface area contributed by atoms with E-state index >= 15 is 0 Å². The quantitative estimate of drug-likeness (QED) is 0.837. The molecule has 7 nitrogen and oxygen atoms in total. The molecular weight excluding hydrogens is 286 g/mol. The Morgan fingerprint density at radius 1 is 1.41 bits per heavy atom. The Bertz CT molecular complexity index is 445. The number of ether oxygens (including phenoxy) is 1. The molecular formula is C15H27N3O4. The van der Waals surface area contributed by atoms with Gasteiger partial charge in [-0.3, -0.25) is 9.59 Å². The molecule has 1 aliphatic heterocycles. The van der Waals surface area contributed by atoms with Gasteiger partial charge in [-0.1, -0.05) is 20.8 Å². The molecule has 1 aliphatic rings. The molecule has 7 heteroatoms. The van der Waals surface area contributed by atoms with Crippen LogP contribution in [0.5, 0.6) is 0 Å². The first-order valence-corrected chi connectivity index (χ1v) is 7.52. The number of primary amides is 1. The summed E-state index contributed by atoms with van der Waals surface area (Å²) in [5, 5.41) is 0. The van der Waals surface area contributed by atoms with E-state index in [1.54, 1.807) is 11.9 Å². The largest absolute Gasteiger partial charge is 0.436 e. The summed E-state index contributed by atoms with van der Waals surface area (Å²) < 4.78 is 4.98. The van der Waals surface area contributed by atoms with Gasteiger partial charge in [0.15, 0.2) is 6.10 Å². The molecule has 1 fully saturated rings. The van der Waals surface area contributed by atoms with Crippen LogP contribution < -0.4 is 5.73 Å². The lowest BCUT2D eigenvalue weighted by Crippen LogP contribution is -2.57. The summed E-state index contributed by atoms with van der Waals surface area (Å²) in [5.41, 5.74) is 5.07. The molecule has 2 N–H and O–H groups in total. The molecule has 1 rings (SSSR count). The predicted molar refractivity (Wildman–Crippen MR) is 82.0 cm³/mol. The maximum atomic E-state index is 12.6. The molecule has 0 aliphatic carbocycles. The molecule has 0 radical (unpaired) electrons. The van der Waals surface area contributed by atoms with Crippen LogP contribution in [0.1, 0.15) is 40.5 Å². The van der Waals surface area contributed by atoms with Crippen molar-refractivity contribution in [3.63, 3.8) is 0 Å². The average Bonchev–Trinajstić information content (AvgIpc) is 2.38. The van der Waals surface area contributed by atoms with Gasteiger partial charge in [-0.15, -0.1) is 0 Å². The summed E-state index contributed by atoms with van der Waals surface area (Å²) in [4.78, 5) is 38.6. The van der Waals surface area contributed by atoms with Gasteiger partial charge in [0.25, 0.3) is 5.91 Å². The Balaban J connectivity index is 2.78. The smallest absolute Gasteiger partial charge is 0.405 e. The van der Waals surface area contributed by atoms with Gasteiger partial charge < -0.3 is 20.3 Å². The van der Waals surface area contributed by atoms with E-state index in [0.717, 1.165) is 0 Å². The van der Waals surface area contributed by atoms with Crippen LogP contribution >= 0.6 is 0 Å². The zero-order chi connectivity index (χ0) is 17.1. The molecule has 0 aromatic rings. The van der Waals surface area contributed by atoms with Gasteiger partial charge in [0.05, 0.1) is 6.54 Å². The van der Waals surface area contributed by atoms with Crippen LogP contribution in [0, 0.1) is 5.41 Å². The number of likely N-dealkylation sites (N-methyl/N-ethyl adjacent to an activating group) is 1. The Kier molecular flexibility index (Phi) is 5.79. The van der Waals surface area contributed by atoms with Gasteiger partial charge in [0, 0.05) is 19.6 Å². The van der Waals surface area contributed by atoms with Crippen molar-refractivity contribution >= 4 is 17.9 Å². The van der Waals surface area contributed by atoms with Crippen molar-refractivity contribution in [3.8, 4) is 0 Å². The van der Waals surface area contributed by atoms with E-state index < -0.39 is 12.2 Å². The zero-order valence-corrected chi connectivity index (χ0v) is 14.1. The van der Waals surface area contributed by atoms with Crippen molar-refractivity contribution in [2.24, 2.45) is 11.1 Å². The van der Waals surface area contributed by atoms with Crippen molar-refractivity contribution in [1.29, 1.82) is 0 Å². The maximum absolute atomic E-state index is 12.6. The van der Waals surface area contributed by atoms with Crippen LogP contribution in [0.4, 0.5) is 4.79 Å². The Morgan fingerprint density at radius 3 is 2.45 bits per heavy atom. The number of hydrogen-bond donors (Lipinski definition) is 1. The van der Waals surface area contributed by atoms with Crippen LogP contribution in [0.15, 0.2) is 0 Å². The van der Waals surface area contributed by atoms with Gasteiger partial charge in [-0.25, -0.2) is 4.79 Å². The van der Waals surface area contributed by atoms with Crippen LogP contribution in [0.3, 0.4) is 0 Å². The standard InChI is InChI=1S/C15H27N3O4/c1-10-8-18(9-12(19)17(10)5)13(20)11(22-14(16)21)6-7-15(2,3)4/h10-11H,6-9H2,1-5H3,(H2,16,21)/t10?,11-/m0/s1. The third-order valence-electron chi connectivity index (χ3n) is 3.87. The van der Waals surface area contributed by atoms with E-state index in [-0.39, 0.29) is 29.8 Å². The topological polar surface area (TPSA) is 92.9 Å². The minimum Gasteiger partial charge on any atom is -0.436 e. The third kappa shape index (κ3) is 5.20. The number of carbonyl (C=O) groups is 3. The highest BCUT2D eigenvalue weighted by atomic mass is 16.6. The predicted octanol–water partition coefficient (Wildman–Crippen LogP) is 0.966. The van der Waals surface area contributed by atoms with Gasteiger partial charge >= 0.3 is 6.09 Å².